The quantitative estimate of drug-likeness (QED) is 0.355. The zero-order valence-electron chi connectivity index (χ0n) is 24.6. The first kappa shape index (κ1) is 29.5. The van der Waals surface area contributed by atoms with Gasteiger partial charge in [-0.25, -0.2) is 0 Å². The fraction of sp³-hybridized carbons (Fsp3) is 0.800. The maximum Gasteiger partial charge on any atom is 0.0720 e. The van der Waals surface area contributed by atoms with Crippen molar-refractivity contribution in [3.05, 3.63) is 35.4 Å². The molecule has 2 aliphatic heterocycles. The van der Waals surface area contributed by atoms with Gasteiger partial charge in [0.05, 0.1) is 38.6 Å². The van der Waals surface area contributed by atoms with Gasteiger partial charge in [0.15, 0.2) is 0 Å². The molecule has 0 atom stereocenters. The Labute approximate surface area is 220 Å². The Morgan fingerprint density at radius 2 is 0.861 bits per heavy atom. The summed E-state index contributed by atoms with van der Waals surface area (Å²) in [5.74, 6) is 0. The van der Waals surface area contributed by atoms with E-state index in [4.69, 9.17) is 19.1 Å². The van der Waals surface area contributed by atoms with Crippen LogP contribution < -0.4 is 0 Å². The predicted molar refractivity (Wildman–Crippen MR) is 145 cm³/mol. The van der Waals surface area contributed by atoms with Crippen LogP contribution >= 0.6 is 0 Å². The highest BCUT2D eigenvalue weighted by atomic mass is 16.7. The second-order valence-corrected chi connectivity index (χ2v) is 13.2. The Morgan fingerprint density at radius 3 is 1.11 bits per heavy atom. The van der Waals surface area contributed by atoms with E-state index in [1.54, 1.807) is 0 Å². The highest BCUT2D eigenvalue weighted by Crippen LogP contribution is 2.41. The van der Waals surface area contributed by atoms with Gasteiger partial charge in [0.2, 0.25) is 0 Å². The van der Waals surface area contributed by atoms with Gasteiger partial charge in [-0.05, 0) is 106 Å². The first-order valence-corrected chi connectivity index (χ1v) is 13.9. The Hall–Kier alpha value is -1.02. The second kappa shape index (κ2) is 11.4. The lowest BCUT2D eigenvalue weighted by atomic mass is 9.80. The molecule has 0 unspecified atom stereocenters. The molecular formula is C30H52N2O4. The van der Waals surface area contributed by atoms with Crippen LogP contribution in [0.3, 0.4) is 0 Å². The first-order valence-electron chi connectivity index (χ1n) is 13.9. The maximum absolute atomic E-state index is 6.41. The van der Waals surface area contributed by atoms with Gasteiger partial charge in [-0.15, -0.1) is 0 Å². The number of nitrogens with zero attached hydrogens (tertiary/aromatic N) is 2. The van der Waals surface area contributed by atoms with Gasteiger partial charge >= 0.3 is 0 Å². The molecule has 206 valence electrons. The van der Waals surface area contributed by atoms with E-state index in [9.17, 15) is 0 Å². The molecule has 6 nitrogen and oxygen atoms in total. The smallest absolute Gasteiger partial charge is 0.0720 e. The van der Waals surface area contributed by atoms with Crippen molar-refractivity contribution >= 4 is 0 Å². The van der Waals surface area contributed by atoms with Gasteiger partial charge in [-0.3, -0.25) is 9.68 Å². The summed E-state index contributed by atoms with van der Waals surface area (Å²) >= 11 is 0. The van der Waals surface area contributed by atoms with Gasteiger partial charge in [-0.2, -0.15) is 10.1 Å². The molecule has 2 fully saturated rings. The van der Waals surface area contributed by atoms with Gasteiger partial charge in [0.25, 0.3) is 0 Å². The van der Waals surface area contributed by atoms with Crippen molar-refractivity contribution in [3.8, 4) is 0 Å². The normalized spacial score (nSPS) is 24.7. The van der Waals surface area contributed by atoms with E-state index in [0.717, 1.165) is 25.7 Å². The average Bonchev–Trinajstić information content (AvgIpc) is 2.75. The Bertz CT molecular complexity index is 729. The van der Waals surface area contributed by atoms with Crippen molar-refractivity contribution in [1.29, 1.82) is 0 Å². The summed E-state index contributed by atoms with van der Waals surface area (Å²) in [7, 11) is 0. The fourth-order valence-electron chi connectivity index (χ4n) is 6.70. The molecule has 0 radical (unpaired) electrons. The summed E-state index contributed by atoms with van der Waals surface area (Å²) < 4.78 is 12.8. The van der Waals surface area contributed by atoms with Gasteiger partial charge in [-0.1, -0.05) is 24.3 Å². The number of hydrogen-bond acceptors (Lipinski definition) is 6. The van der Waals surface area contributed by atoms with Crippen LogP contribution in [0.25, 0.3) is 0 Å². The standard InChI is InChI=1S/C30H52N2O4/c1-11-35-31-27(3,4)17-25(18-28(31,5)6)33-21-23-13-15-24(16-14-23)22-34-26-19-29(7,8)32(36-12-2)30(9,10)20-26/h13-16,25-26H,11-12,17-22H2,1-10H3. The number of hydrogen-bond donors (Lipinski definition) is 0. The second-order valence-electron chi connectivity index (χ2n) is 13.2. The predicted octanol–water partition coefficient (Wildman–Crippen LogP) is 6.67. The lowest BCUT2D eigenvalue weighted by Gasteiger charge is -2.53. The summed E-state index contributed by atoms with van der Waals surface area (Å²) in [4.78, 5) is 12.0. The van der Waals surface area contributed by atoms with E-state index >= 15 is 0 Å². The lowest BCUT2D eigenvalue weighted by molar-refractivity contribution is -0.293. The Kier molecular flexibility index (Phi) is 9.34. The van der Waals surface area contributed by atoms with Crippen molar-refractivity contribution in [2.45, 2.75) is 142 Å². The summed E-state index contributed by atoms with van der Waals surface area (Å²) in [5.41, 5.74) is 2.15. The molecule has 2 aliphatic rings. The summed E-state index contributed by atoms with van der Waals surface area (Å²) in [5, 5.41) is 4.36. The minimum atomic E-state index is -0.0639. The van der Waals surface area contributed by atoms with Crippen molar-refractivity contribution in [2.24, 2.45) is 0 Å². The number of ether oxygens (including phenoxy) is 2. The van der Waals surface area contributed by atoms with Crippen molar-refractivity contribution in [3.63, 3.8) is 0 Å². The highest BCUT2D eigenvalue weighted by molar-refractivity contribution is 5.21. The molecule has 1 aromatic rings. The van der Waals surface area contributed by atoms with E-state index in [0.29, 0.717) is 26.4 Å². The molecule has 2 saturated heterocycles. The zero-order chi connectivity index (χ0) is 26.8. The van der Waals surface area contributed by atoms with Crippen LogP contribution in [0.4, 0.5) is 0 Å². The van der Waals surface area contributed by atoms with Crippen LogP contribution in [0.2, 0.25) is 0 Å². The zero-order valence-corrected chi connectivity index (χ0v) is 24.6. The summed E-state index contributed by atoms with van der Waals surface area (Å²) in [6.07, 6.45) is 4.25. The van der Waals surface area contributed by atoms with Crippen LogP contribution in [-0.4, -0.2) is 57.7 Å². The van der Waals surface area contributed by atoms with E-state index in [2.05, 4.69) is 104 Å². The number of rotatable bonds is 10. The van der Waals surface area contributed by atoms with E-state index < -0.39 is 0 Å². The minimum absolute atomic E-state index is 0.0639. The third-order valence-corrected chi connectivity index (χ3v) is 7.62. The molecule has 0 bridgehead atoms. The maximum atomic E-state index is 6.41. The van der Waals surface area contributed by atoms with Gasteiger partial charge in [0, 0.05) is 22.2 Å². The molecule has 36 heavy (non-hydrogen) atoms. The summed E-state index contributed by atoms with van der Waals surface area (Å²) in [6.45, 7) is 24.7. The van der Waals surface area contributed by atoms with Gasteiger partial charge in [0.1, 0.15) is 0 Å². The van der Waals surface area contributed by atoms with Crippen LogP contribution in [0, 0.1) is 0 Å². The Morgan fingerprint density at radius 1 is 0.583 bits per heavy atom. The number of hydroxylamine groups is 4. The van der Waals surface area contributed by atoms with Crippen LogP contribution in [0.1, 0.15) is 106 Å². The Balaban J connectivity index is 1.51. The third kappa shape index (κ3) is 7.09. The van der Waals surface area contributed by atoms with Crippen LogP contribution in [0.5, 0.6) is 0 Å². The molecular weight excluding hydrogens is 452 g/mol. The fourth-order valence-corrected chi connectivity index (χ4v) is 6.70. The lowest BCUT2D eigenvalue weighted by Crippen LogP contribution is -2.61. The molecule has 2 heterocycles. The van der Waals surface area contributed by atoms with Crippen molar-refractivity contribution in [1.82, 2.24) is 10.1 Å². The SMILES string of the molecule is CCON1C(C)(C)CC(OCc2ccc(COC3CC(C)(C)N(OCC)C(C)(C)C3)cc2)CC1(C)C. The molecule has 0 aliphatic carbocycles. The topological polar surface area (TPSA) is 43.4 Å². The van der Waals surface area contributed by atoms with Gasteiger partial charge < -0.3 is 9.47 Å². The molecule has 0 spiro atoms. The molecule has 0 saturated carbocycles. The summed E-state index contributed by atoms with van der Waals surface area (Å²) in [6, 6.07) is 8.71. The minimum Gasteiger partial charge on any atom is -0.373 e. The number of benzene rings is 1. The molecule has 6 heteroatoms. The van der Waals surface area contributed by atoms with Crippen molar-refractivity contribution < 1.29 is 19.1 Å². The van der Waals surface area contributed by atoms with E-state index in [1.807, 2.05) is 0 Å². The molecule has 1 aromatic carbocycles. The average molecular weight is 505 g/mol. The van der Waals surface area contributed by atoms with Crippen molar-refractivity contribution in [2.75, 3.05) is 13.2 Å². The van der Waals surface area contributed by atoms with E-state index in [1.165, 1.54) is 11.1 Å². The highest BCUT2D eigenvalue weighted by Gasteiger charge is 2.48. The van der Waals surface area contributed by atoms with Crippen LogP contribution in [0.15, 0.2) is 24.3 Å². The molecule has 0 N–H and O–H groups in total. The van der Waals surface area contributed by atoms with E-state index in [-0.39, 0.29) is 34.4 Å². The largest absolute Gasteiger partial charge is 0.373 e. The molecule has 3 rings (SSSR count). The number of piperidine rings is 2. The third-order valence-electron chi connectivity index (χ3n) is 7.62. The molecule has 0 aromatic heterocycles. The molecule has 0 amide bonds. The monoisotopic (exact) mass is 504 g/mol. The van der Waals surface area contributed by atoms with Crippen LogP contribution in [-0.2, 0) is 32.4 Å². The first-order chi connectivity index (χ1) is 16.7.